The molecule has 0 aliphatic heterocycles. The summed E-state index contributed by atoms with van der Waals surface area (Å²) in [7, 11) is 1.23. The van der Waals surface area contributed by atoms with E-state index in [1.165, 1.54) is 21.0 Å². The van der Waals surface area contributed by atoms with Crippen LogP contribution in [0.3, 0.4) is 0 Å². The van der Waals surface area contributed by atoms with E-state index in [1.54, 1.807) is 20.8 Å². The summed E-state index contributed by atoms with van der Waals surface area (Å²) >= 11 is 0. The van der Waals surface area contributed by atoms with Crippen LogP contribution in [-0.2, 0) is 14.3 Å². The number of alkyl carbamates (subject to hydrolysis) is 1. The number of carbonyl (C=O) groups is 2. The van der Waals surface area contributed by atoms with Gasteiger partial charge in [0.25, 0.3) is 0 Å². The molecule has 6 nitrogen and oxygen atoms in total. The lowest BCUT2D eigenvalue weighted by Crippen LogP contribution is -2.46. The highest BCUT2D eigenvalue weighted by atomic mass is 16.6. The Hall–Kier alpha value is -1.30. The van der Waals surface area contributed by atoms with Gasteiger partial charge in [0.1, 0.15) is 11.5 Å². The van der Waals surface area contributed by atoms with E-state index < -0.39 is 29.2 Å². The Morgan fingerprint density at radius 2 is 1.72 bits per heavy atom. The van der Waals surface area contributed by atoms with E-state index >= 15 is 0 Å². The molecule has 0 saturated carbocycles. The lowest BCUT2D eigenvalue weighted by Gasteiger charge is -2.27. The molecule has 18 heavy (non-hydrogen) atoms. The molecule has 0 bridgehead atoms. The molecule has 0 unspecified atom stereocenters. The maximum absolute atomic E-state index is 11.5. The minimum Gasteiger partial charge on any atom is -0.469 e. The van der Waals surface area contributed by atoms with Crippen LogP contribution in [0.25, 0.3) is 0 Å². The van der Waals surface area contributed by atoms with Crippen LogP contribution in [0, 0.1) is 5.92 Å². The molecule has 0 aliphatic rings. The van der Waals surface area contributed by atoms with Crippen molar-refractivity contribution in [1.29, 1.82) is 0 Å². The molecule has 0 aromatic carbocycles. The van der Waals surface area contributed by atoms with E-state index in [9.17, 15) is 14.7 Å². The maximum Gasteiger partial charge on any atom is 0.407 e. The van der Waals surface area contributed by atoms with Crippen molar-refractivity contribution in [2.45, 2.75) is 45.8 Å². The molecule has 0 fully saturated rings. The summed E-state index contributed by atoms with van der Waals surface area (Å²) in [5.41, 5.74) is -1.90. The molecule has 1 atom stereocenters. The maximum atomic E-state index is 11.5. The topological polar surface area (TPSA) is 84.9 Å². The molecule has 0 aliphatic carbocycles. The first-order valence-corrected chi connectivity index (χ1v) is 5.74. The van der Waals surface area contributed by atoms with Crippen LogP contribution in [0.5, 0.6) is 0 Å². The number of esters is 1. The van der Waals surface area contributed by atoms with Crippen molar-refractivity contribution >= 4 is 12.1 Å². The van der Waals surface area contributed by atoms with Gasteiger partial charge in [0.2, 0.25) is 0 Å². The number of hydrogen-bond donors (Lipinski definition) is 2. The lowest BCUT2D eigenvalue weighted by molar-refractivity contribution is -0.153. The van der Waals surface area contributed by atoms with Gasteiger partial charge < -0.3 is 19.9 Å². The molecular weight excluding hydrogens is 238 g/mol. The molecule has 0 aromatic heterocycles. The molecule has 6 heteroatoms. The molecule has 0 spiro atoms. The quantitative estimate of drug-likeness (QED) is 0.739. The molecule has 0 saturated heterocycles. The summed E-state index contributed by atoms with van der Waals surface area (Å²) in [6.07, 6.45) is -0.638. The Bertz CT molecular complexity index is 301. The van der Waals surface area contributed by atoms with Crippen molar-refractivity contribution in [2.24, 2.45) is 5.92 Å². The van der Waals surface area contributed by atoms with Gasteiger partial charge in [-0.25, -0.2) is 4.79 Å². The summed E-state index contributed by atoms with van der Waals surface area (Å²) in [4.78, 5) is 22.9. The number of hydrogen-bond acceptors (Lipinski definition) is 5. The fraction of sp³-hybridized carbons (Fsp3) is 0.833. The number of amides is 1. The van der Waals surface area contributed by atoms with E-state index in [0.717, 1.165) is 0 Å². The van der Waals surface area contributed by atoms with E-state index in [-0.39, 0.29) is 6.54 Å². The Kier molecular flexibility index (Phi) is 5.60. The van der Waals surface area contributed by atoms with Crippen molar-refractivity contribution in [2.75, 3.05) is 13.7 Å². The monoisotopic (exact) mass is 261 g/mol. The van der Waals surface area contributed by atoms with Gasteiger partial charge in [-0.2, -0.15) is 0 Å². The Labute approximate surface area is 108 Å². The van der Waals surface area contributed by atoms with Crippen molar-refractivity contribution < 1.29 is 24.2 Å². The van der Waals surface area contributed by atoms with Gasteiger partial charge in [-0.05, 0) is 34.6 Å². The van der Waals surface area contributed by atoms with Gasteiger partial charge in [0.05, 0.1) is 12.7 Å². The fourth-order valence-corrected chi connectivity index (χ4v) is 1.26. The van der Waals surface area contributed by atoms with Crippen molar-refractivity contribution in [3.63, 3.8) is 0 Å². The third-order valence-electron chi connectivity index (χ3n) is 2.19. The predicted molar refractivity (Wildman–Crippen MR) is 66.0 cm³/mol. The second-order valence-electron chi connectivity index (χ2n) is 5.61. The zero-order valence-corrected chi connectivity index (χ0v) is 11.9. The second kappa shape index (κ2) is 6.04. The minimum absolute atomic E-state index is 0.0505. The zero-order valence-electron chi connectivity index (χ0n) is 11.9. The Balaban J connectivity index is 4.46. The van der Waals surface area contributed by atoms with Gasteiger partial charge in [0, 0.05) is 6.54 Å². The van der Waals surface area contributed by atoms with Gasteiger partial charge in [-0.15, -0.1) is 0 Å². The first-order chi connectivity index (χ1) is 7.97. The summed E-state index contributed by atoms with van der Waals surface area (Å²) in [5, 5.41) is 12.3. The molecular formula is C12H23NO5. The van der Waals surface area contributed by atoms with Gasteiger partial charge in [-0.1, -0.05) is 0 Å². The van der Waals surface area contributed by atoms with Gasteiger partial charge >= 0.3 is 12.1 Å². The highest BCUT2D eigenvalue weighted by Crippen LogP contribution is 2.17. The number of carbonyl (C=O) groups excluding carboxylic acids is 2. The lowest BCUT2D eigenvalue weighted by atomic mass is 9.91. The number of methoxy groups -OCH3 is 1. The first kappa shape index (κ1) is 16.7. The van der Waals surface area contributed by atoms with Crippen LogP contribution < -0.4 is 5.32 Å². The number of ether oxygens (including phenoxy) is 2. The highest BCUT2D eigenvalue weighted by Gasteiger charge is 2.34. The van der Waals surface area contributed by atoms with E-state index in [2.05, 4.69) is 10.1 Å². The number of rotatable bonds is 4. The molecule has 1 amide bonds. The first-order valence-electron chi connectivity index (χ1n) is 5.74. The standard InChI is InChI=1S/C12H23NO5/c1-11(2,3)18-10(15)13-7-8(9(14)17-6)12(4,5)16/h8,16H,7H2,1-6H3,(H,13,15)/t8-/m0/s1. The fourth-order valence-electron chi connectivity index (χ4n) is 1.26. The normalized spacial score (nSPS) is 13.7. The average Bonchev–Trinajstić information content (AvgIpc) is 2.12. The third kappa shape index (κ3) is 6.44. The van der Waals surface area contributed by atoms with Crippen LogP contribution in [0.4, 0.5) is 4.79 Å². The summed E-state index contributed by atoms with van der Waals surface area (Å²) in [5.74, 6) is -1.44. The summed E-state index contributed by atoms with van der Waals surface area (Å²) in [6.45, 7) is 8.11. The van der Waals surface area contributed by atoms with E-state index in [1.807, 2.05) is 0 Å². The van der Waals surface area contributed by atoms with Crippen LogP contribution >= 0.6 is 0 Å². The van der Waals surface area contributed by atoms with Crippen LogP contribution in [-0.4, -0.2) is 42.0 Å². The average molecular weight is 261 g/mol. The minimum atomic E-state index is -1.29. The van der Waals surface area contributed by atoms with Gasteiger partial charge in [-0.3, -0.25) is 4.79 Å². The SMILES string of the molecule is COC(=O)[C@H](CNC(=O)OC(C)(C)C)C(C)(C)O. The second-order valence-corrected chi connectivity index (χ2v) is 5.61. The Morgan fingerprint density at radius 3 is 2.06 bits per heavy atom. The van der Waals surface area contributed by atoms with Crippen molar-refractivity contribution in [1.82, 2.24) is 5.32 Å². The van der Waals surface area contributed by atoms with Gasteiger partial charge in [0.15, 0.2) is 0 Å². The van der Waals surface area contributed by atoms with Crippen molar-refractivity contribution in [3.8, 4) is 0 Å². The molecule has 0 rings (SSSR count). The summed E-state index contributed by atoms with van der Waals surface area (Å²) in [6, 6.07) is 0. The largest absolute Gasteiger partial charge is 0.469 e. The number of aliphatic hydroxyl groups is 1. The molecule has 2 N–H and O–H groups in total. The molecule has 106 valence electrons. The molecule has 0 heterocycles. The zero-order chi connectivity index (χ0) is 14.6. The van der Waals surface area contributed by atoms with E-state index in [0.29, 0.717) is 0 Å². The number of nitrogens with one attached hydrogen (secondary N) is 1. The van der Waals surface area contributed by atoms with E-state index in [4.69, 9.17) is 4.74 Å². The molecule has 0 radical (unpaired) electrons. The predicted octanol–water partition coefficient (Wildman–Crippen LogP) is 1.07. The highest BCUT2D eigenvalue weighted by molar-refractivity contribution is 5.75. The van der Waals surface area contributed by atoms with Crippen molar-refractivity contribution in [3.05, 3.63) is 0 Å². The van der Waals surface area contributed by atoms with Crippen LogP contribution in [0.15, 0.2) is 0 Å². The third-order valence-corrected chi connectivity index (χ3v) is 2.19. The molecule has 0 aromatic rings. The van der Waals surface area contributed by atoms with Crippen LogP contribution in [0.2, 0.25) is 0 Å². The van der Waals surface area contributed by atoms with Crippen LogP contribution in [0.1, 0.15) is 34.6 Å². The summed E-state index contributed by atoms with van der Waals surface area (Å²) < 4.78 is 9.61. The Morgan fingerprint density at radius 1 is 1.22 bits per heavy atom. The smallest absolute Gasteiger partial charge is 0.407 e.